The Morgan fingerprint density at radius 1 is 0.973 bits per heavy atom. The molecule has 4 rings (SSSR count). The molecule has 0 bridgehead atoms. The summed E-state index contributed by atoms with van der Waals surface area (Å²) < 4.78 is 1.81. The fourth-order valence-electron chi connectivity index (χ4n) is 4.96. The molecule has 0 atom stereocenters. The number of hydrogen-bond donors (Lipinski definition) is 0. The van der Waals surface area contributed by atoms with Crippen LogP contribution in [0.25, 0.3) is 23.0 Å². The molecule has 2 aromatic carbocycles. The first-order valence-electron chi connectivity index (χ1n) is 12.7. The van der Waals surface area contributed by atoms with Crippen molar-refractivity contribution in [2.24, 2.45) is 0 Å². The first kappa shape index (κ1) is 25.8. The highest BCUT2D eigenvalue weighted by molar-refractivity contribution is 6.19. The lowest BCUT2D eigenvalue weighted by atomic mass is 9.91. The molecule has 37 heavy (non-hydrogen) atoms. The van der Waals surface area contributed by atoms with Crippen LogP contribution in [0.4, 0.5) is 0 Å². The van der Waals surface area contributed by atoms with Crippen LogP contribution in [0, 0.1) is 32.1 Å². The lowest BCUT2D eigenvalue weighted by Crippen LogP contribution is -2.43. The van der Waals surface area contributed by atoms with Gasteiger partial charge in [0.15, 0.2) is 0 Å². The number of unbranched alkanes of at least 4 members (excludes halogenated alkanes) is 2. The molecule has 0 saturated carbocycles. The fourth-order valence-corrected chi connectivity index (χ4v) is 4.96. The maximum atomic E-state index is 13.6. The Morgan fingerprint density at radius 3 is 2.27 bits per heavy atom. The van der Waals surface area contributed by atoms with Crippen LogP contribution in [0.5, 0.6) is 0 Å². The van der Waals surface area contributed by atoms with Crippen LogP contribution >= 0.6 is 0 Å². The zero-order valence-corrected chi connectivity index (χ0v) is 22.1. The summed E-state index contributed by atoms with van der Waals surface area (Å²) in [6.07, 6.45) is 6.27. The van der Waals surface area contributed by atoms with Crippen LogP contribution in [0.3, 0.4) is 0 Å². The maximum absolute atomic E-state index is 13.6. The van der Waals surface area contributed by atoms with Gasteiger partial charge in [0.2, 0.25) is 0 Å². The number of benzene rings is 2. The van der Waals surface area contributed by atoms with E-state index in [1.54, 1.807) is 13.0 Å². The van der Waals surface area contributed by atoms with Crippen LogP contribution in [-0.2, 0) is 9.59 Å². The second kappa shape index (κ2) is 10.8. The number of para-hydroxylation sites is 1. The highest BCUT2D eigenvalue weighted by atomic mass is 16.2. The Labute approximate surface area is 218 Å². The molecule has 0 unspecified atom stereocenters. The van der Waals surface area contributed by atoms with Crippen molar-refractivity contribution in [1.82, 2.24) is 14.7 Å². The summed E-state index contributed by atoms with van der Waals surface area (Å²) in [6, 6.07) is 16.1. The second-order valence-corrected chi connectivity index (χ2v) is 9.63. The summed E-state index contributed by atoms with van der Waals surface area (Å²) in [5, 5.41) is 14.7. The Balaban J connectivity index is 1.93. The smallest absolute Gasteiger partial charge is 0.271 e. The lowest BCUT2D eigenvalue weighted by Gasteiger charge is -2.27. The summed E-state index contributed by atoms with van der Waals surface area (Å²) in [6.45, 7) is 10.2. The van der Waals surface area contributed by atoms with Crippen molar-refractivity contribution in [2.75, 3.05) is 6.54 Å². The molecule has 0 radical (unpaired) electrons. The summed E-state index contributed by atoms with van der Waals surface area (Å²) in [7, 11) is 0. The number of nitriles is 1. The third-order valence-electron chi connectivity index (χ3n) is 6.79. The number of amides is 2. The molecule has 0 spiro atoms. The predicted molar refractivity (Wildman–Crippen MR) is 146 cm³/mol. The molecule has 6 nitrogen and oxygen atoms in total. The SMILES string of the molecule is CCCCCN1C(=O)C(C#N)=C(C)/C(=C\c2cn(-c3ccccc3)nc2-c2c(C)cc(C)cc2C)C1=O. The molecule has 2 heterocycles. The largest absolute Gasteiger partial charge is 0.274 e. The summed E-state index contributed by atoms with van der Waals surface area (Å²) in [5.41, 5.74) is 7.52. The summed E-state index contributed by atoms with van der Waals surface area (Å²) in [4.78, 5) is 27.7. The highest BCUT2D eigenvalue weighted by Crippen LogP contribution is 2.34. The highest BCUT2D eigenvalue weighted by Gasteiger charge is 2.35. The van der Waals surface area contributed by atoms with E-state index in [1.807, 2.05) is 47.3 Å². The molecule has 0 aliphatic carbocycles. The molecule has 188 valence electrons. The Morgan fingerprint density at radius 2 is 1.65 bits per heavy atom. The van der Waals surface area contributed by atoms with Crippen molar-refractivity contribution in [3.05, 3.63) is 87.6 Å². The third kappa shape index (κ3) is 5.03. The number of aryl methyl sites for hydroxylation is 3. The van der Waals surface area contributed by atoms with Crippen molar-refractivity contribution < 1.29 is 9.59 Å². The second-order valence-electron chi connectivity index (χ2n) is 9.63. The van der Waals surface area contributed by atoms with Crippen LogP contribution in [-0.4, -0.2) is 33.0 Å². The van der Waals surface area contributed by atoms with Gasteiger partial charge in [-0.25, -0.2) is 4.68 Å². The van der Waals surface area contributed by atoms with Crippen LogP contribution in [0.15, 0.2) is 65.4 Å². The molecule has 1 aliphatic heterocycles. The van der Waals surface area contributed by atoms with Gasteiger partial charge in [0.05, 0.1) is 5.69 Å². The van der Waals surface area contributed by atoms with Crippen molar-refractivity contribution in [1.29, 1.82) is 5.26 Å². The van der Waals surface area contributed by atoms with E-state index in [0.717, 1.165) is 46.5 Å². The van der Waals surface area contributed by atoms with Crippen molar-refractivity contribution in [3.63, 3.8) is 0 Å². The minimum absolute atomic E-state index is 0.0158. The van der Waals surface area contributed by atoms with Gasteiger partial charge < -0.3 is 0 Å². The number of aromatic nitrogens is 2. The molecule has 0 fully saturated rings. The van der Waals surface area contributed by atoms with Crippen LogP contribution in [0.1, 0.15) is 55.4 Å². The average molecular weight is 493 g/mol. The van der Waals surface area contributed by atoms with Gasteiger partial charge in [-0.3, -0.25) is 14.5 Å². The molecule has 0 saturated heterocycles. The first-order valence-corrected chi connectivity index (χ1v) is 12.7. The lowest BCUT2D eigenvalue weighted by molar-refractivity contribution is -0.140. The van der Waals surface area contributed by atoms with E-state index < -0.39 is 5.91 Å². The number of rotatable bonds is 7. The standard InChI is InChI=1S/C31H32N4O2/c1-6-7-11-14-34-30(36)26(23(5)27(18-32)31(34)37)17-24-19-35(25-12-9-8-10-13-25)33-29(24)28-21(3)15-20(2)16-22(28)4/h8-10,12-13,15-17,19H,6-7,11,14H2,1-5H3/b26-17+. The van der Waals surface area contributed by atoms with Gasteiger partial charge in [-0.15, -0.1) is 0 Å². The van der Waals surface area contributed by atoms with Crippen LogP contribution in [0.2, 0.25) is 0 Å². The summed E-state index contributed by atoms with van der Waals surface area (Å²) >= 11 is 0. The molecular weight excluding hydrogens is 460 g/mol. The van der Waals surface area contributed by atoms with Gasteiger partial charge in [0, 0.05) is 29.4 Å². The molecule has 2 amide bonds. The van der Waals surface area contributed by atoms with Crippen molar-refractivity contribution in [3.8, 4) is 23.0 Å². The van der Waals surface area contributed by atoms with Gasteiger partial charge in [0.1, 0.15) is 17.3 Å². The molecule has 0 N–H and O–H groups in total. The third-order valence-corrected chi connectivity index (χ3v) is 6.79. The van der Waals surface area contributed by atoms with Gasteiger partial charge in [-0.05, 0) is 69.0 Å². The average Bonchev–Trinajstić information content (AvgIpc) is 3.27. The monoisotopic (exact) mass is 492 g/mol. The number of carbonyl (C=O) groups excluding carboxylic acids is 2. The quantitative estimate of drug-likeness (QED) is 0.222. The minimum Gasteiger partial charge on any atom is -0.274 e. The Hall–Kier alpha value is -4.24. The molecule has 1 aromatic heterocycles. The van der Waals surface area contributed by atoms with Gasteiger partial charge in [-0.1, -0.05) is 55.7 Å². The molecule has 3 aromatic rings. The van der Waals surface area contributed by atoms with E-state index >= 15 is 0 Å². The molecule has 1 aliphatic rings. The van der Waals surface area contributed by atoms with Crippen molar-refractivity contribution >= 4 is 17.9 Å². The number of carbonyl (C=O) groups is 2. The fraction of sp³-hybridized carbons (Fsp3) is 0.290. The van der Waals surface area contributed by atoms with E-state index in [9.17, 15) is 14.9 Å². The number of hydrogen-bond acceptors (Lipinski definition) is 4. The summed E-state index contributed by atoms with van der Waals surface area (Å²) in [5.74, 6) is -0.878. The Kier molecular flexibility index (Phi) is 7.54. The van der Waals surface area contributed by atoms with E-state index in [0.29, 0.717) is 24.1 Å². The van der Waals surface area contributed by atoms with E-state index in [4.69, 9.17) is 5.10 Å². The zero-order chi connectivity index (χ0) is 26.7. The minimum atomic E-state index is -0.510. The zero-order valence-electron chi connectivity index (χ0n) is 22.1. The number of nitrogens with zero attached hydrogens (tertiary/aromatic N) is 4. The topological polar surface area (TPSA) is 79.0 Å². The van der Waals surface area contributed by atoms with Gasteiger partial charge in [-0.2, -0.15) is 10.4 Å². The van der Waals surface area contributed by atoms with E-state index in [-0.39, 0.29) is 11.5 Å². The van der Waals surface area contributed by atoms with Crippen LogP contribution < -0.4 is 0 Å². The van der Waals surface area contributed by atoms with E-state index in [2.05, 4.69) is 39.8 Å². The molecular formula is C31H32N4O2. The van der Waals surface area contributed by atoms with Crippen molar-refractivity contribution in [2.45, 2.75) is 53.9 Å². The first-order chi connectivity index (χ1) is 17.8. The Bertz CT molecular complexity index is 1450. The van der Waals surface area contributed by atoms with Gasteiger partial charge >= 0.3 is 0 Å². The molecule has 6 heteroatoms. The number of imide groups is 1. The maximum Gasteiger partial charge on any atom is 0.271 e. The normalized spacial score (nSPS) is 15.0. The predicted octanol–water partition coefficient (Wildman–Crippen LogP) is 6.25. The van der Waals surface area contributed by atoms with E-state index in [1.165, 1.54) is 10.5 Å². The van der Waals surface area contributed by atoms with Gasteiger partial charge in [0.25, 0.3) is 11.8 Å².